The molecule has 1 unspecified atom stereocenters. The van der Waals surface area contributed by atoms with Gasteiger partial charge in [0.05, 0.1) is 5.56 Å². The highest BCUT2D eigenvalue weighted by molar-refractivity contribution is 5.70. The lowest BCUT2D eigenvalue weighted by molar-refractivity contribution is -0.137. The van der Waals surface area contributed by atoms with Crippen molar-refractivity contribution in [2.45, 2.75) is 31.5 Å². The van der Waals surface area contributed by atoms with Gasteiger partial charge in [0.1, 0.15) is 0 Å². The second-order valence-corrected chi connectivity index (χ2v) is 4.29. The maximum absolute atomic E-state index is 12.8. The molecule has 0 amide bonds. The van der Waals surface area contributed by atoms with Crippen LogP contribution in [-0.4, -0.2) is 6.04 Å². The standard InChI is InChI=1S/C13H14F3N/c14-13(15,16)12-7-2-1-6-11(12)9-4-3-5-10(17)8-9/h1-2,6-8,10H,3-5,17H2. The minimum Gasteiger partial charge on any atom is -0.324 e. The Hall–Kier alpha value is -1.29. The average Bonchev–Trinajstić information content (AvgIpc) is 2.28. The zero-order chi connectivity index (χ0) is 12.5. The number of benzene rings is 1. The molecule has 0 bridgehead atoms. The molecule has 0 radical (unpaired) electrons. The predicted molar refractivity (Wildman–Crippen MR) is 61.2 cm³/mol. The first kappa shape index (κ1) is 12.2. The number of hydrogen-bond donors (Lipinski definition) is 1. The molecule has 0 fully saturated rings. The summed E-state index contributed by atoms with van der Waals surface area (Å²) >= 11 is 0. The van der Waals surface area contributed by atoms with Crippen molar-refractivity contribution in [2.75, 3.05) is 0 Å². The third-order valence-electron chi connectivity index (χ3n) is 2.98. The first-order valence-corrected chi connectivity index (χ1v) is 5.61. The summed E-state index contributed by atoms with van der Waals surface area (Å²) in [5.41, 5.74) is 6.19. The molecule has 0 heterocycles. The first-order valence-electron chi connectivity index (χ1n) is 5.61. The summed E-state index contributed by atoms with van der Waals surface area (Å²) < 4.78 is 38.5. The van der Waals surface area contributed by atoms with Gasteiger partial charge < -0.3 is 5.73 Å². The molecular weight excluding hydrogens is 227 g/mol. The molecule has 1 atom stereocenters. The third-order valence-corrected chi connectivity index (χ3v) is 2.98. The summed E-state index contributed by atoms with van der Waals surface area (Å²) in [6.07, 6.45) is -0.190. The molecule has 1 aliphatic carbocycles. The maximum Gasteiger partial charge on any atom is 0.416 e. The van der Waals surface area contributed by atoms with Gasteiger partial charge in [0, 0.05) is 6.04 Å². The molecule has 1 nitrogen and oxygen atoms in total. The fourth-order valence-electron chi connectivity index (χ4n) is 2.19. The molecule has 1 aromatic rings. The highest BCUT2D eigenvalue weighted by Crippen LogP contribution is 2.37. The second-order valence-electron chi connectivity index (χ2n) is 4.29. The highest BCUT2D eigenvalue weighted by atomic mass is 19.4. The zero-order valence-corrected chi connectivity index (χ0v) is 9.30. The van der Waals surface area contributed by atoms with Gasteiger partial charge in [-0.3, -0.25) is 0 Å². The first-order chi connectivity index (χ1) is 7.98. The van der Waals surface area contributed by atoms with Crippen molar-refractivity contribution in [3.8, 4) is 0 Å². The molecule has 0 spiro atoms. The van der Waals surface area contributed by atoms with Crippen LogP contribution in [0.1, 0.15) is 30.4 Å². The fraction of sp³-hybridized carbons (Fsp3) is 0.385. The largest absolute Gasteiger partial charge is 0.416 e. The SMILES string of the molecule is NC1C=C(c2ccccc2C(F)(F)F)CCC1. The number of allylic oxidation sites excluding steroid dienone is 1. The van der Waals surface area contributed by atoms with E-state index in [4.69, 9.17) is 5.73 Å². The minimum absolute atomic E-state index is 0.125. The quantitative estimate of drug-likeness (QED) is 0.798. The molecule has 92 valence electrons. The van der Waals surface area contributed by atoms with Crippen molar-refractivity contribution in [3.05, 3.63) is 41.5 Å². The fourth-order valence-corrected chi connectivity index (χ4v) is 2.19. The third kappa shape index (κ3) is 2.69. The van der Waals surface area contributed by atoms with Gasteiger partial charge in [0.25, 0.3) is 0 Å². The van der Waals surface area contributed by atoms with Crippen LogP contribution in [-0.2, 0) is 6.18 Å². The van der Waals surface area contributed by atoms with Crippen LogP contribution in [0, 0.1) is 0 Å². The Bertz CT molecular complexity index is 435. The van der Waals surface area contributed by atoms with Gasteiger partial charge >= 0.3 is 6.18 Å². The summed E-state index contributed by atoms with van der Waals surface area (Å²) in [7, 11) is 0. The van der Waals surface area contributed by atoms with Gasteiger partial charge in [-0.15, -0.1) is 0 Å². The molecule has 4 heteroatoms. The molecule has 17 heavy (non-hydrogen) atoms. The number of halogens is 3. The van der Waals surface area contributed by atoms with Crippen molar-refractivity contribution in [2.24, 2.45) is 5.73 Å². The summed E-state index contributed by atoms with van der Waals surface area (Å²) in [5.74, 6) is 0. The Balaban J connectivity index is 2.45. The van der Waals surface area contributed by atoms with E-state index in [-0.39, 0.29) is 11.6 Å². The summed E-state index contributed by atoms with van der Waals surface area (Å²) in [4.78, 5) is 0. The van der Waals surface area contributed by atoms with E-state index >= 15 is 0 Å². The van der Waals surface area contributed by atoms with Crippen molar-refractivity contribution >= 4 is 5.57 Å². The minimum atomic E-state index is -4.31. The number of nitrogens with two attached hydrogens (primary N) is 1. The van der Waals surface area contributed by atoms with E-state index in [1.807, 2.05) is 0 Å². The normalized spacial score (nSPS) is 21.2. The van der Waals surface area contributed by atoms with Gasteiger partial charge in [-0.1, -0.05) is 24.3 Å². The Labute approximate surface area is 98.1 Å². The van der Waals surface area contributed by atoms with E-state index < -0.39 is 11.7 Å². The molecule has 0 aliphatic heterocycles. The van der Waals surface area contributed by atoms with E-state index in [2.05, 4.69) is 0 Å². The Kier molecular flexibility index (Phi) is 3.24. The smallest absolute Gasteiger partial charge is 0.324 e. The van der Waals surface area contributed by atoms with Gasteiger partial charge in [0.15, 0.2) is 0 Å². The predicted octanol–water partition coefficient (Wildman–Crippen LogP) is 3.60. The molecule has 0 saturated heterocycles. The van der Waals surface area contributed by atoms with Crippen LogP contribution in [0.25, 0.3) is 5.57 Å². The lowest BCUT2D eigenvalue weighted by Gasteiger charge is -2.21. The van der Waals surface area contributed by atoms with Crippen LogP contribution in [0.4, 0.5) is 13.2 Å². The van der Waals surface area contributed by atoms with Crippen LogP contribution in [0.3, 0.4) is 0 Å². The van der Waals surface area contributed by atoms with Crippen LogP contribution in [0.15, 0.2) is 30.3 Å². The molecule has 1 aromatic carbocycles. The zero-order valence-electron chi connectivity index (χ0n) is 9.30. The number of rotatable bonds is 1. The van der Waals surface area contributed by atoms with E-state index in [0.717, 1.165) is 24.5 Å². The Morgan fingerprint density at radius 3 is 2.53 bits per heavy atom. The maximum atomic E-state index is 12.8. The van der Waals surface area contributed by atoms with E-state index in [1.165, 1.54) is 12.1 Å². The Morgan fingerprint density at radius 2 is 1.88 bits per heavy atom. The van der Waals surface area contributed by atoms with Crippen molar-refractivity contribution < 1.29 is 13.2 Å². The monoisotopic (exact) mass is 241 g/mol. The van der Waals surface area contributed by atoms with Gasteiger partial charge in [-0.05, 0) is 36.5 Å². The summed E-state index contributed by atoms with van der Waals surface area (Å²) in [6, 6.07) is 5.56. The number of alkyl halides is 3. The number of hydrogen-bond acceptors (Lipinski definition) is 1. The molecular formula is C13H14F3N. The molecule has 0 aromatic heterocycles. The van der Waals surface area contributed by atoms with Gasteiger partial charge in [-0.25, -0.2) is 0 Å². The molecule has 0 saturated carbocycles. The molecule has 2 N–H and O–H groups in total. The van der Waals surface area contributed by atoms with E-state index in [1.54, 1.807) is 12.1 Å². The van der Waals surface area contributed by atoms with Gasteiger partial charge in [0.2, 0.25) is 0 Å². The summed E-state index contributed by atoms with van der Waals surface area (Å²) in [5, 5.41) is 0. The average molecular weight is 241 g/mol. The van der Waals surface area contributed by atoms with Gasteiger partial charge in [-0.2, -0.15) is 13.2 Å². The topological polar surface area (TPSA) is 26.0 Å². The van der Waals surface area contributed by atoms with Crippen LogP contribution in [0.5, 0.6) is 0 Å². The van der Waals surface area contributed by atoms with Crippen molar-refractivity contribution in [3.63, 3.8) is 0 Å². The lowest BCUT2D eigenvalue weighted by atomic mass is 9.89. The van der Waals surface area contributed by atoms with Crippen molar-refractivity contribution in [1.29, 1.82) is 0 Å². The van der Waals surface area contributed by atoms with Crippen LogP contribution < -0.4 is 5.73 Å². The molecule has 2 rings (SSSR count). The van der Waals surface area contributed by atoms with E-state index in [0.29, 0.717) is 6.42 Å². The lowest BCUT2D eigenvalue weighted by Crippen LogP contribution is -2.20. The van der Waals surface area contributed by atoms with E-state index in [9.17, 15) is 13.2 Å². The second kappa shape index (κ2) is 4.53. The van der Waals surface area contributed by atoms with Crippen LogP contribution in [0.2, 0.25) is 0 Å². The summed E-state index contributed by atoms with van der Waals surface area (Å²) in [6.45, 7) is 0. The highest BCUT2D eigenvalue weighted by Gasteiger charge is 2.33. The van der Waals surface area contributed by atoms with Crippen molar-refractivity contribution in [1.82, 2.24) is 0 Å². The van der Waals surface area contributed by atoms with Crippen LogP contribution >= 0.6 is 0 Å². The Morgan fingerprint density at radius 1 is 1.18 bits per heavy atom. The molecule has 1 aliphatic rings.